The van der Waals surface area contributed by atoms with Crippen molar-refractivity contribution in [2.75, 3.05) is 12.5 Å². The van der Waals surface area contributed by atoms with E-state index in [1.807, 2.05) is 37.3 Å². The van der Waals surface area contributed by atoms with Crippen molar-refractivity contribution in [2.45, 2.75) is 31.4 Å². The molecule has 0 radical (unpaired) electrons. The molecule has 98 valence electrons. The summed E-state index contributed by atoms with van der Waals surface area (Å²) in [4.78, 5) is 12.2. The molecule has 2 unspecified atom stereocenters. The molecule has 0 aliphatic carbocycles. The predicted molar refractivity (Wildman–Crippen MR) is 71.6 cm³/mol. The van der Waals surface area contributed by atoms with Gasteiger partial charge in [0.15, 0.2) is 0 Å². The van der Waals surface area contributed by atoms with Crippen LogP contribution in [0.15, 0.2) is 30.3 Å². The Morgan fingerprint density at radius 3 is 2.78 bits per heavy atom. The van der Waals surface area contributed by atoms with Gasteiger partial charge >= 0.3 is 0 Å². The molecule has 1 N–H and O–H groups in total. The lowest BCUT2D eigenvalue weighted by Gasteiger charge is -2.25. The Hall–Kier alpha value is -1.06. The van der Waals surface area contributed by atoms with Crippen molar-refractivity contribution >= 4 is 17.5 Å². The van der Waals surface area contributed by atoms with E-state index < -0.39 is 5.60 Å². The molecule has 2 atom stereocenters. The molecular formula is C14H18ClNO2. The third-order valence-electron chi connectivity index (χ3n) is 3.36. The zero-order valence-electron chi connectivity index (χ0n) is 10.5. The van der Waals surface area contributed by atoms with Crippen LogP contribution in [0.4, 0.5) is 0 Å². The lowest BCUT2D eigenvalue weighted by atomic mass is 10.0. The molecule has 2 rings (SSSR count). The lowest BCUT2D eigenvalue weighted by Crippen LogP contribution is -2.45. The van der Waals surface area contributed by atoms with Gasteiger partial charge in [-0.1, -0.05) is 30.3 Å². The average molecular weight is 268 g/mol. The number of carbonyl (C=O) groups excluding carboxylic acids is 1. The first-order valence-electron chi connectivity index (χ1n) is 6.21. The number of benzene rings is 1. The molecule has 0 saturated carbocycles. The Kier molecular flexibility index (Phi) is 4.25. The number of alkyl halides is 1. The number of carbonyl (C=O) groups is 1. The molecule has 1 heterocycles. The fourth-order valence-corrected chi connectivity index (χ4v) is 2.42. The van der Waals surface area contributed by atoms with Crippen LogP contribution in [-0.2, 0) is 9.53 Å². The van der Waals surface area contributed by atoms with Crippen molar-refractivity contribution in [3.8, 4) is 0 Å². The van der Waals surface area contributed by atoms with Crippen LogP contribution in [0, 0.1) is 0 Å². The summed E-state index contributed by atoms with van der Waals surface area (Å²) in [5.41, 5.74) is 0.321. The van der Waals surface area contributed by atoms with E-state index in [1.54, 1.807) is 0 Å². The normalized spacial score (nSPS) is 24.8. The molecule has 3 nitrogen and oxygen atoms in total. The predicted octanol–water partition coefficient (Wildman–Crippen LogP) is 2.65. The fraction of sp³-hybridized carbons (Fsp3) is 0.500. The van der Waals surface area contributed by atoms with E-state index in [0.717, 1.165) is 18.4 Å². The van der Waals surface area contributed by atoms with Crippen LogP contribution in [0.1, 0.15) is 31.4 Å². The van der Waals surface area contributed by atoms with Crippen molar-refractivity contribution in [3.63, 3.8) is 0 Å². The second-order valence-electron chi connectivity index (χ2n) is 4.77. The lowest BCUT2D eigenvalue weighted by molar-refractivity contribution is -0.140. The molecule has 1 amide bonds. The second kappa shape index (κ2) is 5.72. The Labute approximate surface area is 112 Å². The van der Waals surface area contributed by atoms with Crippen LogP contribution in [0.2, 0.25) is 0 Å². The first-order chi connectivity index (χ1) is 8.65. The van der Waals surface area contributed by atoms with Crippen LogP contribution in [-0.4, -0.2) is 24.0 Å². The number of ether oxygens (including phenoxy) is 1. The Morgan fingerprint density at radius 2 is 2.22 bits per heavy atom. The highest BCUT2D eigenvalue weighted by Gasteiger charge is 2.38. The quantitative estimate of drug-likeness (QED) is 0.852. The maximum absolute atomic E-state index is 12.2. The van der Waals surface area contributed by atoms with Crippen molar-refractivity contribution in [1.29, 1.82) is 0 Å². The summed E-state index contributed by atoms with van der Waals surface area (Å²) >= 11 is 5.94. The SMILES string of the molecule is CC1(C(=O)NC(CCl)c2ccccc2)CCCO1. The molecular weight excluding hydrogens is 250 g/mol. The number of hydrogen-bond acceptors (Lipinski definition) is 2. The van der Waals surface area contributed by atoms with Gasteiger partial charge < -0.3 is 10.1 Å². The van der Waals surface area contributed by atoms with Crippen LogP contribution in [0.5, 0.6) is 0 Å². The summed E-state index contributed by atoms with van der Waals surface area (Å²) < 4.78 is 5.53. The topological polar surface area (TPSA) is 38.3 Å². The van der Waals surface area contributed by atoms with Gasteiger partial charge in [-0.25, -0.2) is 0 Å². The molecule has 1 aromatic carbocycles. The van der Waals surface area contributed by atoms with E-state index in [0.29, 0.717) is 12.5 Å². The van der Waals surface area contributed by atoms with Crippen LogP contribution in [0.3, 0.4) is 0 Å². The van der Waals surface area contributed by atoms with Crippen molar-refractivity contribution < 1.29 is 9.53 Å². The summed E-state index contributed by atoms with van der Waals surface area (Å²) in [6, 6.07) is 9.58. The molecule has 0 bridgehead atoms. The summed E-state index contributed by atoms with van der Waals surface area (Å²) in [5.74, 6) is 0.278. The number of amides is 1. The van der Waals surface area contributed by atoms with Crippen LogP contribution in [0.25, 0.3) is 0 Å². The highest BCUT2D eigenvalue weighted by atomic mass is 35.5. The maximum atomic E-state index is 12.2. The zero-order valence-corrected chi connectivity index (χ0v) is 11.2. The van der Waals surface area contributed by atoms with Crippen molar-refractivity contribution in [1.82, 2.24) is 5.32 Å². The van der Waals surface area contributed by atoms with Gasteiger partial charge in [0.25, 0.3) is 5.91 Å². The van der Waals surface area contributed by atoms with E-state index in [4.69, 9.17) is 16.3 Å². The summed E-state index contributed by atoms with van der Waals surface area (Å²) in [5, 5.41) is 2.97. The van der Waals surface area contributed by atoms with Crippen LogP contribution < -0.4 is 5.32 Å². The highest BCUT2D eigenvalue weighted by Crippen LogP contribution is 2.26. The largest absolute Gasteiger partial charge is 0.365 e. The molecule has 1 aromatic rings. The van der Waals surface area contributed by atoms with Crippen LogP contribution >= 0.6 is 11.6 Å². The van der Waals surface area contributed by atoms with E-state index in [9.17, 15) is 4.79 Å². The Bertz CT molecular complexity index is 402. The number of nitrogens with one attached hydrogen (secondary N) is 1. The zero-order chi connectivity index (χ0) is 13.0. The summed E-state index contributed by atoms with van der Waals surface area (Å²) in [6.45, 7) is 2.49. The molecule has 1 saturated heterocycles. The van der Waals surface area contributed by atoms with Gasteiger partial charge in [-0.3, -0.25) is 4.79 Å². The van der Waals surface area contributed by atoms with E-state index in [1.165, 1.54) is 0 Å². The minimum absolute atomic E-state index is 0.0745. The highest BCUT2D eigenvalue weighted by molar-refractivity contribution is 6.18. The first-order valence-corrected chi connectivity index (χ1v) is 6.75. The monoisotopic (exact) mass is 267 g/mol. The number of hydrogen-bond donors (Lipinski definition) is 1. The van der Waals surface area contributed by atoms with E-state index in [-0.39, 0.29) is 11.9 Å². The number of rotatable bonds is 4. The average Bonchev–Trinajstić information content (AvgIpc) is 2.85. The van der Waals surface area contributed by atoms with Gasteiger partial charge in [-0.2, -0.15) is 0 Å². The van der Waals surface area contributed by atoms with E-state index >= 15 is 0 Å². The molecule has 0 spiro atoms. The first kappa shape index (κ1) is 13.4. The Balaban J connectivity index is 2.05. The van der Waals surface area contributed by atoms with Gasteiger partial charge in [0.2, 0.25) is 0 Å². The fourth-order valence-electron chi connectivity index (χ4n) is 2.17. The van der Waals surface area contributed by atoms with Gasteiger partial charge in [-0.15, -0.1) is 11.6 Å². The Morgan fingerprint density at radius 1 is 1.50 bits per heavy atom. The summed E-state index contributed by atoms with van der Waals surface area (Å²) in [6.07, 6.45) is 1.70. The molecule has 4 heteroatoms. The smallest absolute Gasteiger partial charge is 0.252 e. The summed E-state index contributed by atoms with van der Waals surface area (Å²) in [7, 11) is 0. The van der Waals surface area contributed by atoms with Crippen molar-refractivity contribution in [2.24, 2.45) is 0 Å². The standard InChI is InChI=1S/C14H18ClNO2/c1-14(8-5-9-18-14)13(17)16-12(10-15)11-6-3-2-4-7-11/h2-4,6-7,12H,5,8-10H2,1H3,(H,16,17). The van der Waals surface area contributed by atoms with Gasteiger partial charge in [0.1, 0.15) is 5.60 Å². The van der Waals surface area contributed by atoms with E-state index in [2.05, 4.69) is 5.32 Å². The van der Waals surface area contributed by atoms with Gasteiger partial charge in [0.05, 0.1) is 6.04 Å². The molecule has 0 aromatic heterocycles. The minimum Gasteiger partial charge on any atom is -0.365 e. The maximum Gasteiger partial charge on any atom is 0.252 e. The molecule has 18 heavy (non-hydrogen) atoms. The van der Waals surface area contributed by atoms with Gasteiger partial charge in [0, 0.05) is 12.5 Å². The third-order valence-corrected chi connectivity index (χ3v) is 3.67. The second-order valence-corrected chi connectivity index (χ2v) is 5.08. The number of halogens is 1. The minimum atomic E-state index is -0.695. The van der Waals surface area contributed by atoms with Crippen molar-refractivity contribution in [3.05, 3.63) is 35.9 Å². The molecule has 1 aliphatic heterocycles. The molecule has 1 aliphatic rings. The molecule has 1 fully saturated rings. The third kappa shape index (κ3) is 2.85. The van der Waals surface area contributed by atoms with Gasteiger partial charge in [-0.05, 0) is 25.3 Å².